The molecule has 2 heterocycles. The molecule has 1 atom stereocenters. The molecule has 1 aliphatic rings. The molecule has 1 aliphatic heterocycles. The monoisotopic (exact) mass is 220 g/mol. The Labute approximate surface area is 94.9 Å². The quantitative estimate of drug-likeness (QED) is 0.786. The van der Waals surface area contributed by atoms with E-state index in [1.807, 2.05) is 24.0 Å². The second-order valence-electron chi connectivity index (χ2n) is 3.87. The van der Waals surface area contributed by atoms with Gasteiger partial charge in [-0.15, -0.1) is 0 Å². The summed E-state index contributed by atoms with van der Waals surface area (Å²) >= 11 is 0. The van der Waals surface area contributed by atoms with Gasteiger partial charge in [0.2, 0.25) is 5.91 Å². The SMILES string of the molecule is CCNC1CCN(Cc2cccnn2)C1=O. The summed E-state index contributed by atoms with van der Waals surface area (Å²) in [4.78, 5) is 13.7. The number of aromatic nitrogens is 2. The zero-order chi connectivity index (χ0) is 11.4. The van der Waals surface area contributed by atoms with Crippen LogP contribution in [0.25, 0.3) is 0 Å². The Hall–Kier alpha value is -1.49. The summed E-state index contributed by atoms with van der Waals surface area (Å²) in [6, 6.07) is 3.72. The maximum Gasteiger partial charge on any atom is 0.240 e. The van der Waals surface area contributed by atoms with Crippen LogP contribution in [0.4, 0.5) is 0 Å². The molecule has 1 saturated heterocycles. The highest BCUT2D eigenvalue weighted by Crippen LogP contribution is 2.13. The van der Waals surface area contributed by atoms with E-state index in [1.54, 1.807) is 6.20 Å². The molecule has 5 heteroatoms. The first-order chi connectivity index (χ1) is 7.81. The van der Waals surface area contributed by atoms with E-state index in [0.717, 1.165) is 25.2 Å². The van der Waals surface area contributed by atoms with Crippen molar-refractivity contribution < 1.29 is 4.79 Å². The van der Waals surface area contributed by atoms with E-state index in [-0.39, 0.29) is 11.9 Å². The van der Waals surface area contributed by atoms with Gasteiger partial charge in [-0.25, -0.2) is 0 Å². The highest BCUT2D eigenvalue weighted by molar-refractivity contribution is 5.83. The van der Waals surface area contributed by atoms with Crippen molar-refractivity contribution in [3.05, 3.63) is 24.0 Å². The summed E-state index contributed by atoms with van der Waals surface area (Å²) in [6.07, 6.45) is 2.52. The Morgan fingerprint density at radius 1 is 1.62 bits per heavy atom. The maximum atomic E-state index is 11.9. The van der Waals surface area contributed by atoms with Crippen molar-refractivity contribution in [3.63, 3.8) is 0 Å². The normalized spacial score (nSPS) is 20.4. The molecular weight excluding hydrogens is 204 g/mol. The fourth-order valence-electron chi connectivity index (χ4n) is 1.95. The van der Waals surface area contributed by atoms with Gasteiger partial charge in [0.05, 0.1) is 18.3 Å². The molecule has 1 N–H and O–H groups in total. The Kier molecular flexibility index (Phi) is 3.46. The fraction of sp³-hybridized carbons (Fsp3) is 0.545. The molecule has 0 saturated carbocycles. The van der Waals surface area contributed by atoms with E-state index >= 15 is 0 Å². The lowest BCUT2D eigenvalue weighted by atomic mass is 10.2. The number of rotatable bonds is 4. The number of hydrogen-bond acceptors (Lipinski definition) is 4. The van der Waals surface area contributed by atoms with Crippen LogP contribution in [-0.2, 0) is 11.3 Å². The van der Waals surface area contributed by atoms with E-state index in [2.05, 4.69) is 15.5 Å². The molecule has 1 aromatic rings. The number of carbonyl (C=O) groups is 1. The van der Waals surface area contributed by atoms with Gasteiger partial charge in [-0.1, -0.05) is 6.92 Å². The molecule has 5 nitrogen and oxygen atoms in total. The van der Waals surface area contributed by atoms with Gasteiger partial charge in [0, 0.05) is 12.7 Å². The molecule has 0 aliphatic carbocycles. The zero-order valence-corrected chi connectivity index (χ0v) is 9.39. The van der Waals surface area contributed by atoms with Crippen molar-refractivity contribution in [2.24, 2.45) is 0 Å². The topological polar surface area (TPSA) is 58.1 Å². The molecule has 0 bridgehead atoms. The standard InChI is InChI=1S/C11H16N4O/c1-2-12-10-5-7-15(11(10)16)8-9-4-3-6-13-14-9/h3-4,6,10,12H,2,5,7-8H2,1H3. The molecule has 1 unspecified atom stereocenters. The van der Waals surface area contributed by atoms with Crippen LogP contribution in [0.2, 0.25) is 0 Å². The lowest BCUT2D eigenvalue weighted by Gasteiger charge is -2.15. The second kappa shape index (κ2) is 5.03. The lowest BCUT2D eigenvalue weighted by Crippen LogP contribution is -2.37. The molecule has 16 heavy (non-hydrogen) atoms. The lowest BCUT2D eigenvalue weighted by molar-refractivity contribution is -0.129. The summed E-state index contributed by atoms with van der Waals surface area (Å²) in [5, 5.41) is 11.0. The maximum absolute atomic E-state index is 11.9. The number of hydrogen-bond donors (Lipinski definition) is 1. The Bertz CT molecular complexity index is 354. The first kappa shape index (κ1) is 11.0. The van der Waals surface area contributed by atoms with Gasteiger partial charge in [-0.3, -0.25) is 4.79 Å². The van der Waals surface area contributed by atoms with E-state index in [4.69, 9.17) is 0 Å². The van der Waals surface area contributed by atoms with Crippen LogP contribution in [0.5, 0.6) is 0 Å². The van der Waals surface area contributed by atoms with Crippen molar-refractivity contribution in [3.8, 4) is 0 Å². The molecular formula is C11H16N4O. The van der Waals surface area contributed by atoms with Crippen LogP contribution in [-0.4, -0.2) is 40.1 Å². The molecule has 86 valence electrons. The number of carbonyl (C=O) groups excluding carboxylic acids is 1. The highest BCUT2D eigenvalue weighted by Gasteiger charge is 2.30. The van der Waals surface area contributed by atoms with Gasteiger partial charge in [0.25, 0.3) is 0 Å². The Balaban J connectivity index is 1.95. The molecule has 0 spiro atoms. The molecule has 1 aromatic heterocycles. The van der Waals surface area contributed by atoms with E-state index in [9.17, 15) is 4.79 Å². The largest absolute Gasteiger partial charge is 0.335 e. The molecule has 1 fully saturated rings. The average molecular weight is 220 g/mol. The minimum Gasteiger partial charge on any atom is -0.335 e. The third-order valence-corrected chi connectivity index (χ3v) is 2.73. The van der Waals surface area contributed by atoms with Crippen LogP contribution in [0.3, 0.4) is 0 Å². The first-order valence-electron chi connectivity index (χ1n) is 5.60. The van der Waals surface area contributed by atoms with Crippen LogP contribution in [0.1, 0.15) is 19.0 Å². The summed E-state index contributed by atoms with van der Waals surface area (Å²) < 4.78 is 0. The van der Waals surface area contributed by atoms with Gasteiger partial charge in [0.1, 0.15) is 0 Å². The number of nitrogens with zero attached hydrogens (tertiary/aromatic N) is 3. The summed E-state index contributed by atoms with van der Waals surface area (Å²) in [7, 11) is 0. The van der Waals surface area contributed by atoms with Crippen LogP contribution < -0.4 is 5.32 Å². The zero-order valence-electron chi connectivity index (χ0n) is 9.39. The van der Waals surface area contributed by atoms with Crippen LogP contribution in [0, 0.1) is 0 Å². The Morgan fingerprint density at radius 3 is 3.19 bits per heavy atom. The summed E-state index contributed by atoms with van der Waals surface area (Å²) in [5.74, 6) is 0.174. The van der Waals surface area contributed by atoms with Gasteiger partial charge in [-0.05, 0) is 25.1 Å². The summed E-state index contributed by atoms with van der Waals surface area (Å²) in [6.45, 7) is 4.20. The number of likely N-dealkylation sites (N-methyl/N-ethyl adjacent to an activating group) is 1. The summed E-state index contributed by atoms with van der Waals surface area (Å²) in [5.41, 5.74) is 0.841. The molecule has 0 radical (unpaired) electrons. The minimum absolute atomic E-state index is 0.0123. The van der Waals surface area contributed by atoms with Crippen molar-refractivity contribution >= 4 is 5.91 Å². The van der Waals surface area contributed by atoms with Crippen molar-refractivity contribution in [1.82, 2.24) is 20.4 Å². The van der Waals surface area contributed by atoms with E-state index in [0.29, 0.717) is 6.54 Å². The van der Waals surface area contributed by atoms with Crippen molar-refractivity contribution in [2.45, 2.75) is 25.9 Å². The number of nitrogens with one attached hydrogen (secondary N) is 1. The van der Waals surface area contributed by atoms with Crippen molar-refractivity contribution in [1.29, 1.82) is 0 Å². The van der Waals surface area contributed by atoms with Crippen LogP contribution in [0.15, 0.2) is 18.3 Å². The van der Waals surface area contributed by atoms with Gasteiger partial charge in [0.15, 0.2) is 0 Å². The third kappa shape index (κ3) is 2.36. The Morgan fingerprint density at radius 2 is 2.50 bits per heavy atom. The van der Waals surface area contributed by atoms with Gasteiger partial charge in [-0.2, -0.15) is 10.2 Å². The fourth-order valence-corrected chi connectivity index (χ4v) is 1.95. The average Bonchev–Trinajstić information content (AvgIpc) is 2.64. The second-order valence-corrected chi connectivity index (χ2v) is 3.87. The van der Waals surface area contributed by atoms with Crippen LogP contribution >= 0.6 is 0 Å². The molecule has 1 amide bonds. The highest BCUT2D eigenvalue weighted by atomic mass is 16.2. The molecule has 2 rings (SSSR count). The van der Waals surface area contributed by atoms with Crippen molar-refractivity contribution in [2.75, 3.05) is 13.1 Å². The first-order valence-corrected chi connectivity index (χ1v) is 5.60. The number of amides is 1. The predicted molar refractivity (Wildman–Crippen MR) is 59.5 cm³/mol. The van der Waals surface area contributed by atoms with Gasteiger partial charge >= 0.3 is 0 Å². The third-order valence-electron chi connectivity index (χ3n) is 2.73. The van der Waals surface area contributed by atoms with Gasteiger partial charge < -0.3 is 10.2 Å². The smallest absolute Gasteiger partial charge is 0.240 e. The van der Waals surface area contributed by atoms with E-state index in [1.165, 1.54) is 0 Å². The van der Waals surface area contributed by atoms with E-state index < -0.39 is 0 Å². The molecule has 0 aromatic carbocycles. The minimum atomic E-state index is -0.0123. The number of likely N-dealkylation sites (tertiary alicyclic amines) is 1. The predicted octanol–water partition coefficient (Wildman–Crippen LogP) is 0.187.